The molecule has 1 saturated heterocycles. The van der Waals surface area contributed by atoms with Gasteiger partial charge in [-0.3, -0.25) is 0 Å². The van der Waals surface area contributed by atoms with Gasteiger partial charge in [0.2, 0.25) is 0 Å². The number of aromatic nitrogens is 1. The van der Waals surface area contributed by atoms with Gasteiger partial charge in [0.05, 0.1) is 0 Å². The molecule has 1 aromatic rings. The standard InChI is InChI=1S/C12H18N4O3S/c1-2-9(10(17)18)14-11(19)15-4-6-16(7-5-15)12-13-3-8-20-12/h3,8-9H,2,4-7H2,1H3,(H,14,19)(H,17,18). The number of carbonyl (C=O) groups is 2. The lowest BCUT2D eigenvalue weighted by atomic mass is 10.2. The maximum absolute atomic E-state index is 12.0. The maximum Gasteiger partial charge on any atom is 0.326 e. The Kier molecular flexibility index (Phi) is 4.78. The molecule has 8 heteroatoms. The lowest BCUT2D eigenvalue weighted by Gasteiger charge is -2.35. The van der Waals surface area contributed by atoms with Crippen LogP contribution in [-0.2, 0) is 4.79 Å². The summed E-state index contributed by atoms with van der Waals surface area (Å²) in [6.07, 6.45) is 2.14. The fourth-order valence-electron chi connectivity index (χ4n) is 2.05. The highest BCUT2D eigenvalue weighted by Crippen LogP contribution is 2.18. The van der Waals surface area contributed by atoms with Crippen molar-refractivity contribution in [1.29, 1.82) is 0 Å². The summed E-state index contributed by atoms with van der Waals surface area (Å²) in [5, 5.41) is 14.4. The minimum atomic E-state index is -0.998. The van der Waals surface area contributed by atoms with Gasteiger partial charge in [-0.15, -0.1) is 11.3 Å². The van der Waals surface area contributed by atoms with Gasteiger partial charge in [-0.1, -0.05) is 6.92 Å². The van der Waals surface area contributed by atoms with Gasteiger partial charge in [-0.2, -0.15) is 0 Å². The lowest BCUT2D eigenvalue weighted by Crippen LogP contribution is -2.54. The number of nitrogens with zero attached hydrogens (tertiary/aromatic N) is 3. The number of piperazine rings is 1. The zero-order valence-corrected chi connectivity index (χ0v) is 12.1. The summed E-state index contributed by atoms with van der Waals surface area (Å²) in [6, 6.07) is -1.13. The van der Waals surface area contributed by atoms with Crippen molar-refractivity contribution in [1.82, 2.24) is 15.2 Å². The number of thiazole rings is 1. The molecule has 7 nitrogen and oxygen atoms in total. The average molecular weight is 298 g/mol. The molecule has 2 amide bonds. The molecule has 2 N–H and O–H groups in total. The molecule has 0 bridgehead atoms. The average Bonchev–Trinajstić information content (AvgIpc) is 2.98. The van der Waals surface area contributed by atoms with Crippen LogP contribution in [0.3, 0.4) is 0 Å². The first-order valence-corrected chi connectivity index (χ1v) is 7.42. The van der Waals surface area contributed by atoms with Crippen molar-refractivity contribution in [2.75, 3.05) is 31.1 Å². The van der Waals surface area contributed by atoms with Crippen molar-refractivity contribution < 1.29 is 14.7 Å². The summed E-state index contributed by atoms with van der Waals surface area (Å²) < 4.78 is 0. The van der Waals surface area contributed by atoms with E-state index < -0.39 is 12.0 Å². The summed E-state index contributed by atoms with van der Waals surface area (Å²) >= 11 is 1.58. The van der Waals surface area contributed by atoms with E-state index in [1.165, 1.54) is 0 Å². The summed E-state index contributed by atoms with van der Waals surface area (Å²) in [7, 11) is 0. The Labute approximate surface area is 121 Å². The molecule has 0 radical (unpaired) electrons. The number of anilines is 1. The normalized spacial score (nSPS) is 16.9. The predicted octanol–water partition coefficient (Wildman–Crippen LogP) is 0.838. The van der Waals surface area contributed by atoms with Gasteiger partial charge in [0.15, 0.2) is 5.13 Å². The van der Waals surface area contributed by atoms with E-state index in [1.807, 2.05) is 5.38 Å². The van der Waals surface area contributed by atoms with Crippen molar-refractivity contribution in [2.24, 2.45) is 0 Å². The van der Waals surface area contributed by atoms with E-state index in [1.54, 1.807) is 29.4 Å². The number of rotatable bonds is 4. The molecule has 1 unspecified atom stereocenters. The molecule has 1 aliphatic rings. The second kappa shape index (κ2) is 6.56. The van der Waals surface area contributed by atoms with Crippen molar-refractivity contribution in [3.8, 4) is 0 Å². The summed E-state index contributed by atoms with van der Waals surface area (Å²) in [5.74, 6) is -0.998. The zero-order valence-electron chi connectivity index (χ0n) is 11.3. The number of aliphatic carboxylic acids is 1. The lowest BCUT2D eigenvalue weighted by molar-refractivity contribution is -0.139. The Balaban J connectivity index is 1.84. The predicted molar refractivity (Wildman–Crippen MR) is 76.1 cm³/mol. The van der Waals surface area contributed by atoms with Gasteiger partial charge in [-0.05, 0) is 6.42 Å². The fourth-order valence-corrected chi connectivity index (χ4v) is 2.75. The van der Waals surface area contributed by atoms with Crippen LogP contribution < -0.4 is 10.2 Å². The van der Waals surface area contributed by atoms with E-state index in [2.05, 4.69) is 15.2 Å². The topological polar surface area (TPSA) is 85.8 Å². The largest absolute Gasteiger partial charge is 0.480 e. The zero-order chi connectivity index (χ0) is 14.5. The van der Waals surface area contributed by atoms with Gasteiger partial charge in [0, 0.05) is 37.8 Å². The number of amides is 2. The molecule has 2 rings (SSSR count). The SMILES string of the molecule is CCC(NC(=O)N1CCN(c2nccs2)CC1)C(=O)O. The molecule has 1 aromatic heterocycles. The number of carboxylic acids is 1. The summed E-state index contributed by atoms with van der Waals surface area (Å²) in [6.45, 7) is 4.30. The minimum absolute atomic E-state index is 0.307. The molecule has 2 heterocycles. The molecule has 0 spiro atoms. The van der Waals surface area contributed by atoms with Crippen LogP contribution in [0.4, 0.5) is 9.93 Å². The molecule has 1 aliphatic heterocycles. The Morgan fingerprint density at radius 1 is 1.45 bits per heavy atom. The monoisotopic (exact) mass is 298 g/mol. The van der Waals surface area contributed by atoms with E-state index in [4.69, 9.17) is 5.11 Å². The highest BCUT2D eigenvalue weighted by Gasteiger charge is 2.25. The highest BCUT2D eigenvalue weighted by molar-refractivity contribution is 7.13. The Bertz CT molecular complexity index is 457. The van der Waals surface area contributed by atoms with Crippen LogP contribution in [0, 0.1) is 0 Å². The van der Waals surface area contributed by atoms with Gasteiger partial charge < -0.3 is 20.2 Å². The van der Waals surface area contributed by atoms with Gasteiger partial charge in [0.25, 0.3) is 0 Å². The molecular formula is C12H18N4O3S. The minimum Gasteiger partial charge on any atom is -0.480 e. The van der Waals surface area contributed by atoms with Crippen LogP contribution in [0.5, 0.6) is 0 Å². The van der Waals surface area contributed by atoms with E-state index >= 15 is 0 Å². The molecule has 1 fully saturated rings. The maximum atomic E-state index is 12.0. The van der Waals surface area contributed by atoms with E-state index in [0.29, 0.717) is 32.6 Å². The Morgan fingerprint density at radius 3 is 2.65 bits per heavy atom. The van der Waals surface area contributed by atoms with Crippen LogP contribution in [-0.4, -0.2) is 59.2 Å². The molecule has 0 saturated carbocycles. The Morgan fingerprint density at radius 2 is 2.15 bits per heavy atom. The van der Waals surface area contributed by atoms with E-state index in [9.17, 15) is 9.59 Å². The first-order chi connectivity index (χ1) is 9.61. The molecule has 1 atom stereocenters. The van der Waals surface area contributed by atoms with Crippen LogP contribution in [0.1, 0.15) is 13.3 Å². The van der Waals surface area contributed by atoms with Gasteiger partial charge in [0.1, 0.15) is 6.04 Å². The van der Waals surface area contributed by atoms with Crippen LogP contribution in [0.15, 0.2) is 11.6 Å². The number of carbonyl (C=O) groups excluding carboxylic acids is 1. The first kappa shape index (κ1) is 14.6. The fraction of sp³-hybridized carbons (Fsp3) is 0.583. The third kappa shape index (κ3) is 3.38. The number of nitrogens with one attached hydrogen (secondary N) is 1. The molecule has 110 valence electrons. The van der Waals surface area contributed by atoms with Crippen LogP contribution in [0.25, 0.3) is 0 Å². The molecular weight excluding hydrogens is 280 g/mol. The molecule has 0 aromatic carbocycles. The molecule has 20 heavy (non-hydrogen) atoms. The van der Waals surface area contributed by atoms with E-state index in [0.717, 1.165) is 5.13 Å². The Hall–Kier alpha value is -1.83. The number of hydrogen-bond donors (Lipinski definition) is 2. The van der Waals surface area contributed by atoms with Crippen molar-refractivity contribution in [3.05, 3.63) is 11.6 Å². The van der Waals surface area contributed by atoms with Crippen molar-refractivity contribution >= 4 is 28.5 Å². The second-order valence-corrected chi connectivity index (χ2v) is 5.41. The third-order valence-electron chi connectivity index (χ3n) is 3.26. The third-order valence-corrected chi connectivity index (χ3v) is 4.09. The smallest absolute Gasteiger partial charge is 0.326 e. The van der Waals surface area contributed by atoms with Crippen LogP contribution in [0.2, 0.25) is 0 Å². The van der Waals surface area contributed by atoms with E-state index in [-0.39, 0.29) is 6.03 Å². The molecule has 0 aliphatic carbocycles. The first-order valence-electron chi connectivity index (χ1n) is 6.54. The van der Waals surface area contributed by atoms with Crippen molar-refractivity contribution in [3.63, 3.8) is 0 Å². The number of hydrogen-bond acceptors (Lipinski definition) is 5. The number of carboxylic acid groups (broad SMARTS) is 1. The van der Waals surface area contributed by atoms with Gasteiger partial charge in [-0.25, -0.2) is 14.6 Å². The number of urea groups is 1. The quantitative estimate of drug-likeness (QED) is 0.860. The summed E-state index contributed by atoms with van der Waals surface area (Å²) in [5.41, 5.74) is 0. The summed E-state index contributed by atoms with van der Waals surface area (Å²) in [4.78, 5) is 30.9. The second-order valence-electron chi connectivity index (χ2n) is 4.54. The van der Waals surface area contributed by atoms with Gasteiger partial charge >= 0.3 is 12.0 Å². The van der Waals surface area contributed by atoms with Crippen molar-refractivity contribution in [2.45, 2.75) is 19.4 Å². The van der Waals surface area contributed by atoms with Crippen LogP contribution >= 0.6 is 11.3 Å². The highest BCUT2D eigenvalue weighted by atomic mass is 32.1.